The third-order valence-electron chi connectivity index (χ3n) is 3.93. The Morgan fingerprint density at radius 2 is 1.59 bits per heavy atom. The number of halogens is 6. The molecule has 0 spiro atoms. The number of carboxylic acid groups (broad SMARTS) is 1. The van der Waals surface area contributed by atoms with Gasteiger partial charge in [-0.05, 0) is 18.2 Å². The topological polar surface area (TPSA) is 118 Å². The molecule has 32 heavy (non-hydrogen) atoms. The highest BCUT2D eigenvalue weighted by Gasteiger charge is 2.37. The monoisotopic (exact) mass is 454 g/mol. The van der Waals surface area contributed by atoms with Crippen molar-refractivity contribution in [3.63, 3.8) is 0 Å². The lowest BCUT2D eigenvalue weighted by Crippen LogP contribution is -2.11. The van der Waals surface area contributed by atoms with Gasteiger partial charge in [-0.1, -0.05) is 0 Å². The van der Waals surface area contributed by atoms with Crippen molar-refractivity contribution >= 4 is 17.7 Å². The maximum absolute atomic E-state index is 13.1. The summed E-state index contributed by atoms with van der Waals surface area (Å²) in [4.78, 5) is 22.5. The van der Waals surface area contributed by atoms with E-state index >= 15 is 0 Å². The summed E-state index contributed by atoms with van der Waals surface area (Å²) in [5.74, 6) is -2.72. The van der Waals surface area contributed by atoms with Gasteiger partial charge in [0.1, 0.15) is 12.4 Å². The van der Waals surface area contributed by atoms with Gasteiger partial charge in [0, 0.05) is 29.7 Å². The van der Waals surface area contributed by atoms with E-state index < -0.39 is 52.2 Å². The summed E-state index contributed by atoms with van der Waals surface area (Å²) >= 11 is 0. The van der Waals surface area contributed by atoms with E-state index in [2.05, 4.69) is 20.1 Å². The average molecular weight is 454 g/mol. The Labute approximate surface area is 174 Å². The van der Waals surface area contributed by atoms with Crippen LogP contribution < -0.4 is 0 Å². The fraction of sp³-hybridized carbons (Fsp3) is 0.111. The van der Waals surface area contributed by atoms with Crippen LogP contribution in [0.25, 0.3) is 23.2 Å². The number of nitrogens with zero attached hydrogens (tertiary/aromatic N) is 6. The third kappa shape index (κ3) is 4.72. The summed E-state index contributed by atoms with van der Waals surface area (Å²) in [6.45, 7) is 0. The second kappa shape index (κ2) is 8.10. The highest BCUT2D eigenvalue weighted by molar-refractivity contribution is 6.19. The Kier molecular flexibility index (Phi) is 5.67. The number of aromatic nitrogens is 5. The van der Waals surface area contributed by atoms with Gasteiger partial charge in [0.25, 0.3) is 0 Å². The number of hydrogen-bond acceptors (Lipinski definition) is 6. The molecular formula is C18H8F6N6O2. The van der Waals surface area contributed by atoms with E-state index in [-0.39, 0.29) is 11.6 Å². The number of nitriles is 1. The van der Waals surface area contributed by atoms with Crippen LogP contribution in [0.2, 0.25) is 0 Å². The van der Waals surface area contributed by atoms with E-state index in [1.165, 1.54) is 0 Å². The number of benzene rings is 1. The molecule has 0 aliphatic heterocycles. The van der Waals surface area contributed by atoms with Crippen LogP contribution in [0.5, 0.6) is 0 Å². The zero-order valence-corrected chi connectivity index (χ0v) is 15.3. The second-order valence-electron chi connectivity index (χ2n) is 6.09. The molecule has 1 N–H and O–H groups in total. The standard InChI is InChI=1S/C18H8F6N6O2/c19-17(20,21)11-1-9(2-12(3-11)18(22,23)24)15-28-14(4-25)30(29-15)7-13(16(31)32)10-5-26-8-27-6-10/h1-3,5-8H,(H,31,32)/b13-7+. The van der Waals surface area contributed by atoms with Gasteiger partial charge < -0.3 is 5.11 Å². The minimum Gasteiger partial charge on any atom is -0.478 e. The Morgan fingerprint density at radius 1 is 1.03 bits per heavy atom. The van der Waals surface area contributed by atoms with Crippen molar-refractivity contribution < 1.29 is 36.2 Å². The van der Waals surface area contributed by atoms with Crippen LogP contribution in [0.15, 0.2) is 36.9 Å². The highest BCUT2D eigenvalue weighted by atomic mass is 19.4. The molecule has 2 heterocycles. The summed E-state index contributed by atoms with van der Waals surface area (Å²) in [6.07, 6.45) is -5.98. The Balaban J connectivity index is 2.19. The largest absolute Gasteiger partial charge is 0.478 e. The van der Waals surface area contributed by atoms with Crippen LogP contribution in [0.3, 0.4) is 0 Å². The van der Waals surface area contributed by atoms with E-state index in [4.69, 9.17) is 0 Å². The Morgan fingerprint density at radius 3 is 2.06 bits per heavy atom. The van der Waals surface area contributed by atoms with E-state index in [1.807, 2.05) is 0 Å². The fourth-order valence-corrected chi connectivity index (χ4v) is 2.51. The molecule has 0 bridgehead atoms. The number of rotatable bonds is 4. The lowest BCUT2D eigenvalue weighted by Gasteiger charge is -2.13. The quantitative estimate of drug-likeness (QED) is 0.472. The molecular weight excluding hydrogens is 446 g/mol. The molecule has 14 heteroatoms. The minimum atomic E-state index is -5.10. The summed E-state index contributed by atoms with van der Waals surface area (Å²) in [5.41, 5.74) is -4.32. The number of alkyl halides is 6. The summed E-state index contributed by atoms with van der Waals surface area (Å²) in [5, 5.41) is 22.4. The van der Waals surface area contributed by atoms with Gasteiger partial charge in [-0.2, -0.15) is 36.6 Å². The fourth-order valence-electron chi connectivity index (χ4n) is 2.51. The van der Waals surface area contributed by atoms with E-state index in [9.17, 15) is 41.5 Å². The molecule has 3 rings (SSSR count). The van der Waals surface area contributed by atoms with Gasteiger partial charge in [0.2, 0.25) is 5.82 Å². The first kappa shape index (κ1) is 22.4. The van der Waals surface area contributed by atoms with Crippen LogP contribution in [0, 0.1) is 11.3 Å². The molecule has 0 unspecified atom stereocenters. The molecule has 2 aromatic heterocycles. The molecule has 0 saturated carbocycles. The number of carboxylic acids is 1. The normalized spacial score (nSPS) is 12.5. The first-order chi connectivity index (χ1) is 14.9. The van der Waals surface area contributed by atoms with Crippen molar-refractivity contribution in [2.24, 2.45) is 0 Å². The van der Waals surface area contributed by atoms with E-state index in [1.54, 1.807) is 6.07 Å². The average Bonchev–Trinajstić information content (AvgIpc) is 3.14. The lowest BCUT2D eigenvalue weighted by atomic mass is 10.0. The molecule has 0 atom stereocenters. The molecule has 0 amide bonds. The van der Waals surface area contributed by atoms with Crippen molar-refractivity contribution in [1.82, 2.24) is 24.7 Å². The van der Waals surface area contributed by atoms with Gasteiger partial charge in [0.15, 0.2) is 5.82 Å². The van der Waals surface area contributed by atoms with Crippen molar-refractivity contribution in [2.75, 3.05) is 0 Å². The van der Waals surface area contributed by atoms with Gasteiger partial charge in [-0.15, -0.1) is 5.10 Å². The minimum absolute atomic E-state index is 0.000587. The number of hydrogen-bond donors (Lipinski definition) is 1. The van der Waals surface area contributed by atoms with Crippen molar-refractivity contribution in [1.29, 1.82) is 5.26 Å². The predicted octanol–water partition coefficient (Wildman–Crippen LogP) is 3.73. The van der Waals surface area contributed by atoms with Gasteiger partial charge in [-0.3, -0.25) is 0 Å². The van der Waals surface area contributed by atoms with Crippen molar-refractivity contribution in [3.8, 4) is 17.5 Å². The maximum Gasteiger partial charge on any atom is 0.416 e. The Hall–Kier alpha value is -4.28. The second-order valence-corrected chi connectivity index (χ2v) is 6.09. The number of carbonyl (C=O) groups is 1. The molecule has 0 radical (unpaired) electrons. The van der Waals surface area contributed by atoms with Crippen molar-refractivity contribution in [3.05, 3.63) is 59.4 Å². The maximum atomic E-state index is 13.1. The summed E-state index contributed by atoms with van der Waals surface area (Å²) < 4.78 is 79.2. The SMILES string of the molecule is N#Cc1nc(-c2cc(C(F)(F)F)cc(C(F)(F)F)c2)nn1/C=C(/C(=O)O)c1cncnc1. The molecule has 164 valence electrons. The molecule has 0 saturated heterocycles. The zero-order valence-electron chi connectivity index (χ0n) is 15.3. The van der Waals surface area contributed by atoms with Crippen LogP contribution in [-0.2, 0) is 17.1 Å². The Bertz CT molecular complexity index is 1210. The summed E-state index contributed by atoms with van der Waals surface area (Å²) in [6, 6.07) is 2.26. The zero-order chi connectivity index (χ0) is 23.7. The third-order valence-corrected chi connectivity index (χ3v) is 3.93. The van der Waals surface area contributed by atoms with Crippen LogP contribution >= 0.6 is 0 Å². The molecule has 0 aliphatic rings. The first-order valence-corrected chi connectivity index (χ1v) is 8.27. The van der Waals surface area contributed by atoms with Crippen molar-refractivity contribution in [2.45, 2.75) is 12.4 Å². The number of aliphatic carboxylic acids is 1. The van der Waals surface area contributed by atoms with Gasteiger partial charge in [-0.25, -0.2) is 19.4 Å². The highest BCUT2D eigenvalue weighted by Crippen LogP contribution is 2.38. The first-order valence-electron chi connectivity index (χ1n) is 8.27. The van der Waals surface area contributed by atoms with E-state index in [0.29, 0.717) is 16.8 Å². The van der Waals surface area contributed by atoms with Crippen LogP contribution in [-0.4, -0.2) is 35.8 Å². The lowest BCUT2D eigenvalue weighted by molar-refractivity contribution is -0.143. The predicted molar refractivity (Wildman–Crippen MR) is 94.0 cm³/mol. The molecule has 0 aliphatic carbocycles. The molecule has 1 aromatic carbocycles. The summed E-state index contributed by atoms with van der Waals surface area (Å²) in [7, 11) is 0. The van der Waals surface area contributed by atoms with Crippen LogP contribution in [0.1, 0.15) is 22.5 Å². The molecule has 3 aromatic rings. The smallest absolute Gasteiger partial charge is 0.416 e. The van der Waals surface area contributed by atoms with Crippen LogP contribution in [0.4, 0.5) is 26.3 Å². The van der Waals surface area contributed by atoms with Gasteiger partial charge in [0.05, 0.1) is 16.7 Å². The van der Waals surface area contributed by atoms with E-state index in [0.717, 1.165) is 24.9 Å². The molecule has 0 fully saturated rings. The van der Waals surface area contributed by atoms with Gasteiger partial charge >= 0.3 is 18.3 Å². The molecule has 8 nitrogen and oxygen atoms in total.